The van der Waals surface area contributed by atoms with Gasteiger partial charge in [-0.25, -0.2) is 0 Å². The predicted octanol–water partition coefficient (Wildman–Crippen LogP) is 1.30. The van der Waals surface area contributed by atoms with E-state index < -0.39 is 10.4 Å². The fraction of sp³-hybridized carbons (Fsp3) is 0.450. The number of rotatable bonds is 5. The average Bonchev–Trinajstić information content (AvgIpc) is 3.35. The molecular weight excluding hydrogens is 390 g/mol. The molecule has 1 amide bonds. The quantitative estimate of drug-likeness (QED) is 0.588. The molecule has 0 bridgehead atoms. The molecule has 0 radical (unpaired) electrons. The van der Waals surface area contributed by atoms with E-state index in [9.17, 15) is 13.6 Å². The number of aryl methyl sites for hydroxylation is 1. The molecular formula is C20H23N5O3S. The van der Waals surface area contributed by atoms with Crippen LogP contribution in [0, 0.1) is 12.3 Å². The van der Waals surface area contributed by atoms with Gasteiger partial charge in [0.1, 0.15) is 17.7 Å². The van der Waals surface area contributed by atoms with Crippen LogP contribution in [0.4, 0.5) is 0 Å². The Morgan fingerprint density at radius 1 is 1.24 bits per heavy atom. The minimum absolute atomic E-state index is 0.0690. The Kier molecular flexibility index (Phi) is 5.50. The van der Waals surface area contributed by atoms with Gasteiger partial charge in [0.05, 0.1) is 6.54 Å². The highest BCUT2D eigenvalue weighted by Crippen LogP contribution is 2.35. The number of piperidine rings is 1. The number of nitrogens with one attached hydrogen (secondary N) is 1. The van der Waals surface area contributed by atoms with E-state index in [1.54, 1.807) is 30.3 Å². The number of sulfonamides is 1. The molecule has 0 aliphatic carbocycles. The Balaban J connectivity index is 1.47. The highest BCUT2D eigenvalue weighted by Gasteiger charge is 2.38. The Bertz CT molecular complexity index is 976. The lowest BCUT2D eigenvalue weighted by Crippen LogP contribution is -2.42. The number of terminal acetylenes is 1. The third kappa shape index (κ3) is 3.71. The second-order valence-corrected chi connectivity index (χ2v) is 9.25. The molecule has 9 heteroatoms. The predicted molar refractivity (Wildman–Crippen MR) is 106 cm³/mol. The topological polar surface area (TPSA) is 103 Å². The molecule has 0 saturated carbocycles. The van der Waals surface area contributed by atoms with Crippen LogP contribution in [-0.2, 0) is 25.8 Å². The number of hydrogen-bond donors (Lipinski definition) is 1. The first-order valence-electron chi connectivity index (χ1n) is 9.72. The summed E-state index contributed by atoms with van der Waals surface area (Å²) in [6, 6.07) is 8.13. The number of carbonyl (C=O) groups is 1. The van der Waals surface area contributed by atoms with Crippen molar-refractivity contribution in [3.63, 3.8) is 0 Å². The molecule has 0 spiro atoms. The Morgan fingerprint density at radius 2 is 1.97 bits per heavy atom. The lowest BCUT2D eigenvalue weighted by molar-refractivity contribution is -0.123. The van der Waals surface area contributed by atoms with Crippen LogP contribution in [0.2, 0.25) is 0 Å². The molecule has 8 nitrogen and oxygen atoms in total. The minimum atomic E-state index is -3.49. The highest BCUT2D eigenvalue weighted by molar-refractivity contribution is 7.95. The minimum Gasteiger partial charge on any atom is -0.593 e. The van der Waals surface area contributed by atoms with Gasteiger partial charge in [-0.1, -0.05) is 28.3 Å². The van der Waals surface area contributed by atoms with Crippen LogP contribution in [0.25, 0.3) is 0 Å². The van der Waals surface area contributed by atoms with Gasteiger partial charge in [-0.15, -0.1) is 20.9 Å². The first-order chi connectivity index (χ1) is 14.0. The standard InChI is InChI=1S/C20H23N5O3S/c1-2-12-21-20(26)17-8-9-18-22-23-19(25(17)18)15-10-13-24(14-11-15)29(27,28)16-6-4-3-5-7-16/h1,3-7,15,17H,8-14H2,(H-,21,26,27,28). The fourth-order valence-corrected chi connectivity index (χ4v) is 5.61. The summed E-state index contributed by atoms with van der Waals surface area (Å²) in [6.07, 6.45) is 7.89. The summed E-state index contributed by atoms with van der Waals surface area (Å²) < 4.78 is 29.1. The van der Waals surface area contributed by atoms with Gasteiger partial charge in [0.15, 0.2) is 15.3 Å². The van der Waals surface area contributed by atoms with Crippen molar-refractivity contribution in [1.82, 2.24) is 24.4 Å². The molecule has 4 rings (SSSR count). The highest BCUT2D eigenvalue weighted by atomic mass is 32.3. The van der Waals surface area contributed by atoms with Crippen LogP contribution in [0.1, 0.15) is 42.9 Å². The summed E-state index contributed by atoms with van der Waals surface area (Å²) in [7, 11) is -3.49. The molecule has 3 heterocycles. The van der Waals surface area contributed by atoms with Gasteiger partial charge in [-0.3, -0.25) is 4.79 Å². The largest absolute Gasteiger partial charge is 0.593 e. The number of aromatic nitrogens is 3. The molecule has 2 aromatic rings. The van der Waals surface area contributed by atoms with Gasteiger partial charge in [-0.05, 0) is 31.4 Å². The lowest BCUT2D eigenvalue weighted by atomic mass is 9.97. The average molecular weight is 414 g/mol. The van der Waals surface area contributed by atoms with E-state index in [-0.39, 0.29) is 24.4 Å². The number of carbonyl (C=O) groups excluding carboxylic acids is 1. The van der Waals surface area contributed by atoms with E-state index in [1.165, 1.54) is 4.31 Å². The molecule has 2 aliphatic rings. The number of benzene rings is 1. The lowest BCUT2D eigenvalue weighted by Gasteiger charge is -2.33. The Morgan fingerprint density at radius 3 is 2.66 bits per heavy atom. The van der Waals surface area contributed by atoms with E-state index in [0.29, 0.717) is 43.7 Å². The molecule has 2 atom stereocenters. The zero-order chi connectivity index (χ0) is 20.4. The zero-order valence-electron chi connectivity index (χ0n) is 16.0. The van der Waals surface area contributed by atoms with Crippen LogP contribution in [0.15, 0.2) is 35.2 Å². The van der Waals surface area contributed by atoms with E-state index >= 15 is 0 Å². The van der Waals surface area contributed by atoms with Crippen molar-refractivity contribution in [3.05, 3.63) is 42.0 Å². The van der Waals surface area contributed by atoms with Gasteiger partial charge in [0, 0.05) is 25.4 Å². The molecule has 1 fully saturated rings. The summed E-state index contributed by atoms with van der Waals surface area (Å²) in [4.78, 5) is 12.8. The van der Waals surface area contributed by atoms with Crippen LogP contribution in [0.3, 0.4) is 0 Å². The normalized spacial score (nSPS) is 21.9. The number of nitrogens with zero attached hydrogens (tertiary/aromatic N) is 4. The smallest absolute Gasteiger partial charge is 0.243 e. The van der Waals surface area contributed by atoms with Crippen LogP contribution >= 0.6 is 0 Å². The van der Waals surface area contributed by atoms with Crippen molar-refractivity contribution >= 4 is 16.3 Å². The van der Waals surface area contributed by atoms with Gasteiger partial charge >= 0.3 is 0 Å². The maximum atomic E-state index is 12.8. The van der Waals surface area contributed by atoms with Crippen molar-refractivity contribution in [2.75, 3.05) is 19.6 Å². The summed E-state index contributed by atoms with van der Waals surface area (Å²) in [6.45, 7) is 1.02. The monoisotopic (exact) mass is 413 g/mol. The maximum absolute atomic E-state index is 12.8. The van der Waals surface area contributed by atoms with Crippen molar-refractivity contribution < 1.29 is 13.6 Å². The molecule has 2 aliphatic heterocycles. The first kappa shape index (κ1) is 19.8. The number of hydrogen-bond acceptors (Lipinski definition) is 5. The SMILES string of the molecule is C#CCNC(=O)C1CCc2nnc(C3CCN([S+](=O)([O-])c4ccccc4)CC3)n21. The Hall–Kier alpha value is -2.54. The first-order valence-corrected chi connectivity index (χ1v) is 11.2. The Labute approximate surface area is 171 Å². The zero-order valence-corrected chi connectivity index (χ0v) is 16.8. The molecule has 1 aromatic carbocycles. The summed E-state index contributed by atoms with van der Waals surface area (Å²) in [5.74, 6) is 3.94. The van der Waals surface area contributed by atoms with Gasteiger partial charge in [0.25, 0.3) is 0 Å². The third-order valence-electron chi connectivity index (χ3n) is 5.61. The van der Waals surface area contributed by atoms with Crippen LogP contribution in [0.5, 0.6) is 0 Å². The van der Waals surface area contributed by atoms with Gasteiger partial charge in [0.2, 0.25) is 5.91 Å². The van der Waals surface area contributed by atoms with Crippen LogP contribution in [-0.4, -0.2) is 49.2 Å². The molecule has 29 heavy (non-hydrogen) atoms. The van der Waals surface area contributed by atoms with Crippen molar-refractivity contribution in [3.8, 4) is 12.3 Å². The second-order valence-electron chi connectivity index (χ2n) is 7.31. The van der Waals surface area contributed by atoms with Crippen molar-refractivity contribution in [2.45, 2.75) is 42.5 Å². The van der Waals surface area contributed by atoms with E-state index in [4.69, 9.17) is 6.42 Å². The number of amides is 1. The van der Waals surface area contributed by atoms with Crippen molar-refractivity contribution in [2.24, 2.45) is 0 Å². The fourth-order valence-electron chi connectivity index (χ4n) is 4.12. The summed E-state index contributed by atoms with van der Waals surface area (Å²) >= 11 is 0. The third-order valence-corrected chi connectivity index (χ3v) is 7.53. The maximum Gasteiger partial charge on any atom is 0.243 e. The van der Waals surface area contributed by atoms with E-state index in [2.05, 4.69) is 21.4 Å². The molecule has 2 unspecified atom stereocenters. The summed E-state index contributed by atoms with van der Waals surface area (Å²) in [5, 5.41) is 11.3. The van der Waals surface area contributed by atoms with Crippen molar-refractivity contribution in [1.29, 1.82) is 0 Å². The molecule has 152 valence electrons. The molecule has 1 saturated heterocycles. The number of fused-ring (bicyclic) bond motifs is 1. The van der Waals surface area contributed by atoms with E-state index in [0.717, 1.165) is 11.6 Å². The van der Waals surface area contributed by atoms with Gasteiger partial charge < -0.3 is 14.4 Å². The van der Waals surface area contributed by atoms with E-state index in [1.807, 2.05) is 4.57 Å². The molecule has 1 N–H and O–H groups in total. The molecule has 1 aromatic heterocycles. The van der Waals surface area contributed by atoms with Crippen LogP contribution < -0.4 is 5.32 Å². The van der Waals surface area contributed by atoms with Gasteiger partial charge in [-0.2, -0.15) is 0 Å². The summed E-state index contributed by atoms with van der Waals surface area (Å²) in [5.41, 5.74) is 0. The second kappa shape index (κ2) is 8.06.